The van der Waals surface area contributed by atoms with Gasteiger partial charge in [0.2, 0.25) is 5.91 Å². The maximum Gasteiger partial charge on any atom is 0.233 e. The van der Waals surface area contributed by atoms with E-state index >= 15 is 0 Å². The van der Waals surface area contributed by atoms with Gasteiger partial charge in [-0.25, -0.2) is 0 Å². The van der Waals surface area contributed by atoms with Gasteiger partial charge in [0.15, 0.2) is 11.0 Å². The highest BCUT2D eigenvalue weighted by molar-refractivity contribution is 8.00. The van der Waals surface area contributed by atoms with Crippen LogP contribution in [0.25, 0.3) is 28.0 Å². The van der Waals surface area contributed by atoms with Crippen LogP contribution in [0.1, 0.15) is 19.4 Å². The number of amides is 1. The second-order valence-electron chi connectivity index (χ2n) is 6.83. The second kappa shape index (κ2) is 8.13. The first-order valence-corrected chi connectivity index (χ1v) is 10.5. The summed E-state index contributed by atoms with van der Waals surface area (Å²) in [6, 6.07) is 16.3. The minimum atomic E-state index is -0.280. The average molecular weight is 406 g/mol. The minimum absolute atomic E-state index is 0.00882. The van der Waals surface area contributed by atoms with Crippen LogP contribution in [0.4, 0.5) is 0 Å². The average Bonchev–Trinajstić information content (AvgIpc) is 3.32. The summed E-state index contributed by atoms with van der Waals surface area (Å²) in [5.41, 5.74) is 4.14. The largest absolute Gasteiger partial charge is 0.360 e. The Morgan fingerprint density at radius 3 is 2.72 bits per heavy atom. The number of carbonyl (C=O) groups excluding carboxylic acids is 1. The molecule has 2 aromatic carbocycles. The third-order valence-electron chi connectivity index (χ3n) is 4.82. The summed E-state index contributed by atoms with van der Waals surface area (Å²) in [5, 5.41) is 13.4. The molecule has 4 aromatic rings. The highest BCUT2D eigenvalue weighted by Crippen LogP contribution is 2.34. The number of carbonyl (C=O) groups is 1. The Balaban J connectivity index is 1.86. The van der Waals surface area contributed by atoms with Crippen molar-refractivity contribution in [2.24, 2.45) is 0 Å². The number of rotatable bonds is 6. The summed E-state index contributed by atoms with van der Waals surface area (Å²) in [4.78, 5) is 15.6. The number of nitrogens with one attached hydrogen (secondary N) is 2. The molecule has 0 aliphatic rings. The van der Waals surface area contributed by atoms with E-state index in [9.17, 15) is 4.79 Å². The van der Waals surface area contributed by atoms with Crippen LogP contribution >= 0.6 is 11.8 Å². The van der Waals surface area contributed by atoms with Crippen molar-refractivity contribution in [3.05, 3.63) is 60.3 Å². The molecule has 2 N–H and O–H groups in total. The molecule has 4 rings (SSSR count). The van der Waals surface area contributed by atoms with Crippen LogP contribution in [0.15, 0.2) is 59.9 Å². The van der Waals surface area contributed by atoms with Crippen LogP contribution in [0.5, 0.6) is 0 Å². The predicted octanol–water partition coefficient (Wildman–Crippen LogP) is 4.34. The molecule has 6 nitrogen and oxygen atoms in total. The Bertz CT molecular complexity index is 1160. The van der Waals surface area contributed by atoms with Gasteiger partial charge in [0.1, 0.15) is 0 Å². The van der Waals surface area contributed by atoms with E-state index in [2.05, 4.69) is 45.6 Å². The van der Waals surface area contributed by atoms with Gasteiger partial charge in [0, 0.05) is 29.2 Å². The zero-order chi connectivity index (χ0) is 20.4. The number of benzene rings is 2. The number of hydrogen-bond acceptors (Lipinski definition) is 4. The van der Waals surface area contributed by atoms with Crippen LogP contribution in [-0.2, 0) is 4.79 Å². The molecule has 2 heterocycles. The molecular formula is C22H23N5OS. The number of nitrogens with zero attached hydrogens (tertiary/aromatic N) is 3. The molecule has 1 amide bonds. The van der Waals surface area contributed by atoms with Gasteiger partial charge in [0.05, 0.1) is 10.9 Å². The van der Waals surface area contributed by atoms with Gasteiger partial charge in [-0.05, 0) is 38.5 Å². The van der Waals surface area contributed by atoms with Crippen molar-refractivity contribution in [1.82, 2.24) is 25.1 Å². The van der Waals surface area contributed by atoms with Crippen molar-refractivity contribution in [3.8, 4) is 17.1 Å². The quantitative estimate of drug-likeness (QED) is 0.468. The Morgan fingerprint density at radius 1 is 1.17 bits per heavy atom. The molecule has 0 radical (unpaired) electrons. The molecule has 7 heteroatoms. The molecule has 0 unspecified atom stereocenters. The number of aromatic nitrogens is 4. The van der Waals surface area contributed by atoms with E-state index in [-0.39, 0.29) is 11.2 Å². The summed E-state index contributed by atoms with van der Waals surface area (Å²) in [5.74, 6) is 0.743. The standard InChI is InChI=1S/C22H23N5OS/c1-4-23-21(28)15(3)29-22-26-25-20(27(22)19-12-8-5-9-14(19)2)17-13-24-18-11-7-6-10-16(17)18/h5-13,15,24H,4H2,1-3H3,(H,23,28)/t15-/m0/s1. The van der Waals surface area contributed by atoms with Gasteiger partial charge in [-0.2, -0.15) is 0 Å². The van der Waals surface area contributed by atoms with Crippen molar-refractivity contribution < 1.29 is 4.79 Å². The Morgan fingerprint density at radius 2 is 1.93 bits per heavy atom. The number of thioether (sulfide) groups is 1. The van der Waals surface area contributed by atoms with Crippen molar-refractivity contribution in [2.75, 3.05) is 6.54 Å². The third-order valence-corrected chi connectivity index (χ3v) is 5.86. The fourth-order valence-corrected chi connectivity index (χ4v) is 4.22. The predicted molar refractivity (Wildman–Crippen MR) is 117 cm³/mol. The molecule has 0 saturated carbocycles. The smallest absolute Gasteiger partial charge is 0.233 e. The molecule has 0 aliphatic heterocycles. The number of aromatic amines is 1. The molecule has 29 heavy (non-hydrogen) atoms. The molecule has 2 aromatic heterocycles. The van der Waals surface area contributed by atoms with Gasteiger partial charge in [-0.15, -0.1) is 10.2 Å². The van der Waals surface area contributed by atoms with Crippen LogP contribution in [0.2, 0.25) is 0 Å². The lowest BCUT2D eigenvalue weighted by Gasteiger charge is -2.15. The topological polar surface area (TPSA) is 75.6 Å². The number of hydrogen-bond donors (Lipinski definition) is 2. The Labute approximate surface area is 173 Å². The highest BCUT2D eigenvalue weighted by atomic mass is 32.2. The summed E-state index contributed by atoms with van der Waals surface area (Å²) in [7, 11) is 0. The fraction of sp³-hybridized carbons (Fsp3) is 0.227. The Hall–Kier alpha value is -3.06. The monoisotopic (exact) mass is 405 g/mol. The summed E-state index contributed by atoms with van der Waals surface area (Å²) < 4.78 is 2.05. The molecule has 0 fully saturated rings. The number of para-hydroxylation sites is 2. The lowest BCUT2D eigenvalue weighted by atomic mass is 10.1. The SMILES string of the molecule is CCNC(=O)[C@H](C)Sc1nnc(-c2c[nH]c3ccccc23)n1-c1ccccc1C. The van der Waals surface area contributed by atoms with Gasteiger partial charge < -0.3 is 10.3 Å². The van der Waals surface area contributed by atoms with Gasteiger partial charge in [0.25, 0.3) is 0 Å². The van der Waals surface area contributed by atoms with Crippen molar-refractivity contribution in [1.29, 1.82) is 0 Å². The molecular weight excluding hydrogens is 382 g/mol. The van der Waals surface area contributed by atoms with Gasteiger partial charge >= 0.3 is 0 Å². The molecule has 0 aliphatic carbocycles. The van der Waals surface area contributed by atoms with Crippen molar-refractivity contribution >= 4 is 28.6 Å². The molecule has 148 valence electrons. The van der Waals surface area contributed by atoms with Crippen LogP contribution < -0.4 is 5.32 Å². The maximum absolute atomic E-state index is 12.3. The van der Waals surface area contributed by atoms with E-state index in [1.165, 1.54) is 11.8 Å². The lowest BCUT2D eigenvalue weighted by Crippen LogP contribution is -2.30. The van der Waals surface area contributed by atoms with E-state index in [0.29, 0.717) is 11.7 Å². The minimum Gasteiger partial charge on any atom is -0.360 e. The van der Waals surface area contributed by atoms with E-state index in [1.54, 1.807) is 0 Å². The zero-order valence-electron chi connectivity index (χ0n) is 16.6. The molecule has 0 bridgehead atoms. The first-order valence-electron chi connectivity index (χ1n) is 9.62. The van der Waals surface area contributed by atoms with E-state index in [1.807, 2.05) is 54.9 Å². The summed E-state index contributed by atoms with van der Waals surface area (Å²) in [6.45, 7) is 6.48. The lowest BCUT2D eigenvalue weighted by molar-refractivity contribution is -0.120. The zero-order valence-corrected chi connectivity index (χ0v) is 17.5. The van der Waals surface area contributed by atoms with Crippen molar-refractivity contribution in [3.63, 3.8) is 0 Å². The summed E-state index contributed by atoms with van der Waals surface area (Å²) in [6.07, 6.45) is 1.96. The van der Waals surface area contributed by atoms with E-state index in [0.717, 1.165) is 33.5 Å². The van der Waals surface area contributed by atoms with Crippen LogP contribution in [0.3, 0.4) is 0 Å². The van der Waals surface area contributed by atoms with Gasteiger partial charge in [-0.3, -0.25) is 9.36 Å². The first-order chi connectivity index (χ1) is 14.1. The second-order valence-corrected chi connectivity index (χ2v) is 8.14. The van der Waals surface area contributed by atoms with Crippen LogP contribution in [0, 0.1) is 6.92 Å². The third kappa shape index (κ3) is 3.65. The number of H-pyrrole nitrogens is 1. The normalized spacial score (nSPS) is 12.2. The van der Waals surface area contributed by atoms with E-state index < -0.39 is 0 Å². The molecule has 0 spiro atoms. The highest BCUT2D eigenvalue weighted by Gasteiger charge is 2.23. The Kier molecular flexibility index (Phi) is 5.40. The van der Waals surface area contributed by atoms with Crippen molar-refractivity contribution in [2.45, 2.75) is 31.2 Å². The van der Waals surface area contributed by atoms with E-state index in [4.69, 9.17) is 0 Å². The number of fused-ring (bicyclic) bond motifs is 1. The first kappa shape index (κ1) is 19.3. The van der Waals surface area contributed by atoms with Crippen LogP contribution in [-0.4, -0.2) is 37.5 Å². The summed E-state index contributed by atoms with van der Waals surface area (Å²) >= 11 is 1.41. The maximum atomic E-state index is 12.3. The fourth-order valence-electron chi connectivity index (χ4n) is 3.34. The van der Waals surface area contributed by atoms with Gasteiger partial charge in [-0.1, -0.05) is 48.2 Å². The number of aryl methyl sites for hydroxylation is 1. The molecule has 1 atom stereocenters. The molecule has 0 saturated heterocycles.